The van der Waals surface area contributed by atoms with E-state index < -0.39 is 18.2 Å². The molecule has 1 aliphatic rings. The summed E-state index contributed by atoms with van der Waals surface area (Å²) >= 11 is 0. The van der Waals surface area contributed by atoms with Crippen LogP contribution in [0.2, 0.25) is 0 Å². The minimum absolute atomic E-state index is 0. The van der Waals surface area contributed by atoms with Crippen molar-refractivity contribution < 1.29 is 22.7 Å². The Bertz CT molecular complexity index is 578. The van der Waals surface area contributed by atoms with Crippen molar-refractivity contribution in [3.05, 3.63) is 29.6 Å². The van der Waals surface area contributed by atoms with Crippen molar-refractivity contribution in [2.45, 2.75) is 44.9 Å². The van der Waals surface area contributed by atoms with Crippen LogP contribution in [0.4, 0.5) is 13.2 Å². The van der Waals surface area contributed by atoms with Gasteiger partial charge in [0.15, 0.2) is 11.6 Å². The second-order valence-electron chi connectivity index (χ2n) is 6.11. The number of carbonyl (C=O) groups excluding carboxylic acids is 1. The SMILES string of the molecule is Cl.NCCC(=O)NCC1CCCCN1Cc1ccc(OC(F)F)c(F)c1. The summed E-state index contributed by atoms with van der Waals surface area (Å²) < 4.78 is 42.4. The molecule has 26 heavy (non-hydrogen) atoms. The van der Waals surface area contributed by atoms with Gasteiger partial charge in [0.1, 0.15) is 0 Å². The average molecular weight is 396 g/mol. The number of halogens is 4. The number of ether oxygens (including phenoxy) is 1. The smallest absolute Gasteiger partial charge is 0.387 e. The molecule has 3 N–H and O–H groups in total. The molecule has 1 aliphatic heterocycles. The molecule has 1 fully saturated rings. The van der Waals surface area contributed by atoms with Gasteiger partial charge in [0.2, 0.25) is 5.91 Å². The minimum Gasteiger partial charge on any atom is -0.432 e. The Morgan fingerprint density at radius 2 is 2.15 bits per heavy atom. The van der Waals surface area contributed by atoms with Gasteiger partial charge in [0.05, 0.1) is 0 Å². The quantitative estimate of drug-likeness (QED) is 0.710. The van der Waals surface area contributed by atoms with Crippen LogP contribution in [0, 0.1) is 5.82 Å². The first-order chi connectivity index (χ1) is 12.0. The summed E-state index contributed by atoms with van der Waals surface area (Å²) in [5.41, 5.74) is 6.04. The normalized spacial score (nSPS) is 17.7. The predicted molar refractivity (Wildman–Crippen MR) is 95.0 cm³/mol. The average Bonchev–Trinajstić information content (AvgIpc) is 2.56. The van der Waals surface area contributed by atoms with E-state index in [-0.39, 0.29) is 24.4 Å². The number of benzene rings is 1. The first-order valence-electron chi connectivity index (χ1n) is 8.43. The fourth-order valence-corrected chi connectivity index (χ4v) is 3.02. The fraction of sp³-hybridized carbons (Fsp3) is 0.588. The van der Waals surface area contributed by atoms with Crippen LogP contribution in [0.25, 0.3) is 0 Å². The lowest BCUT2D eigenvalue weighted by molar-refractivity contribution is -0.121. The van der Waals surface area contributed by atoms with Crippen molar-refractivity contribution in [1.82, 2.24) is 10.2 Å². The summed E-state index contributed by atoms with van der Waals surface area (Å²) in [4.78, 5) is 13.8. The molecule has 0 radical (unpaired) electrons. The maximum Gasteiger partial charge on any atom is 0.387 e. The molecule has 1 aromatic rings. The maximum atomic E-state index is 13.9. The molecule has 5 nitrogen and oxygen atoms in total. The monoisotopic (exact) mass is 395 g/mol. The van der Waals surface area contributed by atoms with Crippen LogP contribution < -0.4 is 15.8 Å². The van der Waals surface area contributed by atoms with E-state index in [1.165, 1.54) is 12.1 Å². The number of amides is 1. The van der Waals surface area contributed by atoms with Crippen LogP contribution in [-0.2, 0) is 11.3 Å². The second-order valence-corrected chi connectivity index (χ2v) is 6.11. The molecule has 0 aromatic heterocycles. The fourth-order valence-electron chi connectivity index (χ4n) is 3.02. The van der Waals surface area contributed by atoms with E-state index in [0.717, 1.165) is 25.8 Å². The number of nitrogens with zero attached hydrogens (tertiary/aromatic N) is 1. The molecular weight excluding hydrogens is 371 g/mol. The minimum atomic E-state index is -3.05. The number of nitrogens with one attached hydrogen (secondary N) is 1. The Morgan fingerprint density at radius 3 is 2.81 bits per heavy atom. The summed E-state index contributed by atoms with van der Waals surface area (Å²) in [5, 5.41) is 2.87. The van der Waals surface area contributed by atoms with Gasteiger partial charge >= 0.3 is 6.61 Å². The number of nitrogens with two attached hydrogens (primary N) is 1. The molecule has 148 valence electrons. The van der Waals surface area contributed by atoms with E-state index in [9.17, 15) is 18.0 Å². The Hall–Kier alpha value is -1.51. The molecular formula is C17H25ClF3N3O2. The summed E-state index contributed by atoms with van der Waals surface area (Å²) in [7, 11) is 0. The van der Waals surface area contributed by atoms with Gasteiger partial charge in [-0.2, -0.15) is 8.78 Å². The summed E-state index contributed by atoms with van der Waals surface area (Å²) in [5.74, 6) is -1.34. The molecule has 0 saturated carbocycles. The molecule has 9 heteroatoms. The van der Waals surface area contributed by atoms with Gasteiger partial charge in [-0.15, -0.1) is 12.4 Å². The number of rotatable bonds is 8. The van der Waals surface area contributed by atoms with Gasteiger partial charge in [-0.25, -0.2) is 4.39 Å². The molecule has 1 unspecified atom stereocenters. The molecule has 1 aromatic carbocycles. The number of alkyl halides is 2. The zero-order chi connectivity index (χ0) is 18.2. The number of piperidine rings is 1. The molecule has 2 rings (SSSR count). The predicted octanol–water partition coefficient (Wildman–Crippen LogP) is 2.67. The highest BCUT2D eigenvalue weighted by atomic mass is 35.5. The first kappa shape index (κ1) is 22.5. The van der Waals surface area contributed by atoms with E-state index in [1.54, 1.807) is 6.07 Å². The lowest BCUT2D eigenvalue weighted by Gasteiger charge is -2.36. The zero-order valence-electron chi connectivity index (χ0n) is 14.4. The van der Waals surface area contributed by atoms with Gasteiger partial charge < -0.3 is 15.8 Å². The van der Waals surface area contributed by atoms with Crippen molar-refractivity contribution in [3.8, 4) is 5.75 Å². The molecule has 1 amide bonds. The van der Waals surface area contributed by atoms with Gasteiger partial charge in [-0.3, -0.25) is 9.69 Å². The van der Waals surface area contributed by atoms with Crippen molar-refractivity contribution in [1.29, 1.82) is 0 Å². The van der Waals surface area contributed by atoms with E-state index in [4.69, 9.17) is 5.73 Å². The highest BCUT2D eigenvalue weighted by molar-refractivity contribution is 5.85. The maximum absolute atomic E-state index is 13.9. The van der Waals surface area contributed by atoms with Crippen LogP contribution in [0.5, 0.6) is 5.75 Å². The molecule has 1 heterocycles. The number of likely N-dealkylation sites (tertiary alicyclic amines) is 1. The topological polar surface area (TPSA) is 67.6 Å². The highest BCUT2D eigenvalue weighted by Gasteiger charge is 2.23. The largest absolute Gasteiger partial charge is 0.432 e. The van der Waals surface area contributed by atoms with Crippen molar-refractivity contribution in [3.63, 3.8) is 0 Å². The number of hydrogen-bond acceptors (Lipinski definition) is 4. The van der Waals surface area contributed by atoms with Gasteiger partial charge in [0.25, 0.3) is 0 Å². The second kappa shape index (κ2) is 11.3. The first-order valence-corrected chi connectivity index (χ1v) is 8.43. The third-order valence-corrected chi connectivity index (χ3v) is 4.25. The van der Waals surface area contributed by atoms with Crippen LogP contribution in [0.3, 0.4) is 0 Å². The number of carbonyl (C=O) groups is 1. The van der Waals surface area contributed by atoms with E-state index in [2.05, 4.69) is 15.0 Å². The van der Waals surface area contributed by atoms with Gasteiger partial charge in [-0.1, -0.05) is 12.5 Å². The van der Waals surface area contributed by atoms with Crippen LogP contribution in [-0.4, -0.2) is 43.1 Å². The third kappa shape index (κ3) is 7.01. The Balaban J connectivity index is 0.00000338. The molecule has 0 aliphatic carbocycles. The summed E-state index contributed by atoms with van der Waals surface area (Å²) in [6.45, 7) is -0.887. The Kier molecular flexibility index (Phi) is 9.75. The molecule has 0 spiro atoms. The Morgan fingerprint density at radius 1 is 1.38 bits per heavy atom. The van der Waals surface area contributed by atoms with Gasteiger partial charge in [-0.05, 0) is 37.1 Å². The van der Waals surface area contributed by atoms with Crippen LogP contribution in [0.1, 0.15) is 31.2 Å². The van der Waals surface area contributed by atoms with Crippen molar-refractivity contribution in [2.24, 2.45) is 5.73 Å². The van der Waals surface area contributed by atoms with Gasteiger partial charge in [0, 0.05) is 32.1 Å². The van der Waals surface area contributed by atoms with E-state index in [0.29, 0.717) is 31.6 Å². The van der Waals surface area contributed by atoms with Crippen LogP contribution in [0.15, 0.2) is 18.2 Å². The van der Waals surface area contributed by atoms with E-state index in [1.807, 2.05) is 0 Å². The van der Waals surface area contributed by atoms with E-state index >= 15 is 0 Å². The molecule has 1 atom stereocenters. The summed E-state index contributed by atoms with van der Waals surface area (Å²) in [6.07, 6.45) is 3.34. The lowest BCUT2D eigenvalue weighted by atomic mass is 10.0. The van der Waals surface area contributed by atoms with Crippen molar-refractivity contribution in [2.75, 3.05) is 19.6 Å². The molecule has 0 bridgehead atoms. The standard InChI is InChI=1S/C17H24F3N3O2.ClH/c18-14-9-12(4-5-15(14)25-17(19)20)11-23-8-2-1-3-13(23)10-22-16(24)6-7-21;/h4-5,9,13,17H,1-3,6-8,10-11,21H2,(H,22,24);1H. The van der Waals surface area contributed by atoms with Crippen LogP contribution >= 0.6 is 12.4 Å². The van der Waals surface area contributed by atoms with Crippen molar-refractivity contribution >= 4 is 18.3 Å². The molecule has 1 saturated heterocycles. The highest BCUT2D eigenvalue weighted by Crippen LogP contribution is 2.24. The Labute approximate surface area is 157 Å². The number of hydrogen-bond donors (Lipinski definition) is 2. The third-order valence-electron chi connectivity index (χ3n) is 4.25. The lowest BCUT2D eigenvalue weighted by Crippen LogP contribution is -2.46. The summed E-state index contributed by atoms with van der Waals surface area (Å²) in [6, 6.07) is 4.18. The zero-order valence-corrected chi connectivity index (χ0v) is 15.2.